The first-order chi connectivity index (χ1) is 7.66. The maximum Gasteiger partial charge on any atom is 0.386 e. The average molecular weight is 309 g/mol. The molecule has 0 bridgehead atoms. The van der Waals surface area contributed by atoms with Gasteiger partial charge in [0.05, 0.1) is 0 Å². The lowest BCUT2D eigenvalue weighted by Gasteiger charge is -1.97. The minimum Gasteiger partial charge on any atom is -0.352 e. The predicted octanol–water partition coefficient (Wildman–Crippen LogP) is 3.77. The van der Waals surface area contributed by atoms with E-state index >= 15 is 0 Å². The van der Waals surface area contributed by atoms with Gasteiger partial charge in [-0.1, -0.05) is 23.2 Å². The summed E-state index contributed by atoms with van der Waals surface area (Å²) in [6, 6.07) is 0. The summed E-state index contributed by atoms with van der Waals surface area (Å²) in [5.74, 6) is -0.230. The first kappa shape index (κ1) is 16.5. The molecule has 9 heteroatoms. The van der Waals surface area contributed by atoms with Crippen molar-refractivity contribution < 1.29 is 18.0 Å². The molecule has 1 heterocycles. The Labute approximate surface area is 110 Å². The molecule has 0 radical (unpaired) electrons. The molecule has 0 aliphatic rings. The van der Waals surface area contributed by atoms with Crippen LogP contribution in [-0.2, 0) is 0 Å². The molecule has 0 fully saturated rings. The maximum atomic E-state index is 11.2. The third-order valence-corrected chi connectivity index (χ3v) is 2.94. The molecule has 1 amide bonds. The van der Waals surface area contributed by atoms with Gasteiger partial charge in [-0.2, -0.15) is 17.5 Å². The van der Waals surface area contributed by atoms with E-state index in [4.69, 9.17) is 23.2 Å². The van der Waals surface area contributed by atoms with Gasteiger partial charge in [-0.05, 0) is 18.5 Å². The Morgan fingerprint density at radius 2 is 1.94 bits per heavy atom. The van der Waals surface area contributed by atoms with E-state index in [2.05, 4.69) is 9.69 Å². The molecule has 3 nitrogen and oxygen atoms in total. The molecule has 17 heavy (non-hydrogen) atoms. The minimum atomic E-state index is -4.00. The lowest BCUT2D eigenvalue weighted by molar-refractivity contribution is -0.110. The Morgan fingerprint density at radius 3 is 2.24 bits per heavy atom. The zero-order valence-corrected chi connectivity index (χ0v) is 11.2. The third kappa shape index (κ3) is 7.40. The summed E-state index contributed by atoms with van der Waals surface area (Å²) in [7, 11) is 0. The number of nitrogens with zero attached hydrogens (tertiary/aromatic N) is 1. The second-order valence-electron chi connectivity index (χ2n) is 2.76. The number of rotatable bonds is 2. The maximum absolute atomic E-state index is 11.2. The van der Waals surface area contributed by atoms with Gasteiger partial charge in [0.15, 0.2) is 5.15 Å². The van der Waals surface area contributed by atoms with Crippen LogP contribution >= 0.6 is 34.7 Å². The summed E-state index contributed by atoms with van der Waals surface area (Å²) in [4.78, 5) is 11.6. The molecule has 0 atom stereocenters. The highest BCUT2D eigenvalue weighted by atomic mass is 35.5. The minimum absolute atomic E-state index is 0.183. The van der Waals surface area contributed by atoms with E-state index in [1.807, 2.05) is 6.92 Å². The Kier molecular flexibility index (Phi) is 6.81. The van der Waals surface area contributed by atoms with Gasteiger partial charge >= 0.3 is 6.18 Å². The number of hydrogen-bond donors (Lipinski definition) is 1. The van der Waals surface area contributed by atoms with E-state index in [0.29, 0.717) is 11.4 Å². The molecule has 1 aromatic heterocycles. The van der Waals surface area contributed by atoms with Gasteiger partial charge < -0.3 is 5.32 Å². The molecular formula is C8H9Cl2F3N2OS. The molecule has 0 saturated carbocycles. The normalized spacial score (nSPS) is 10.5. The lowest BCUT2D eigenvalue weighted by Crippen LogP contribution is -2.21. The Bertz CT molecular complexity index is 375. The standard InChI is InChI=1S/C6H6Cl2N2OS.C2H3F3/c1-2-9-6(11)4-3(7)5(8)10-12-4;1-2(3,4)5/h2H2,1H3,(H,9,11);1H3. The Hall–Kier alpha value is -0.530. The van der Waals surface area contributed by atoms with Gasteiger partial charge in [0.1, 0.15) is 9.90 Å². The van der Waals surface area contributed by atoms with Crippen LogP contribution in [-0.4, -0.2) is 23.0 Å². The average Bonchev–Trinajstić information content (AvgIpc) is 2.45. The van der Waals surface area contributed by atoms with Crippen molar-refractivity contribution in [2.45, 2.75) is 20.0 Å². The van der Waals surface area contributed by atoms with Crippen LogP contribution in [0.1, 0.15) is 23.5 Å². The summed E-state index contributed by atoms with van der Waals surface area (Å²) < 4.78 is 34.8. The summed E-state index contributed by atoms with van der Waals surface area (Å²) in [6.45, 7) is 2.58. The van der Waals surface area contributed by atoms with Gasteiger partial charge in [0.25, 0.3) is 5.91 Å². The second-order valence-corrected chi connectivity index (χ2v) is 4.27. The van der Waals surface area contributed by atoms with Gasteiger partial charge in [0, 0.05) is 13.5 Å². The lowest BCUT2D eigenvalue weighted by atomic mass is 10.4. The molecule has 0 aliphatic carbocycles. The molecule has 0 aromatic carbocycles. The number of nitrogens with one attached hydrogen (secondary N) is 1. The van der Waals surface area contributed by atoms with Crippen molar-refractivity contribution >= 4 is 40.6 Å². The van der Waals surface area contributed by atoms with Crippen LogP contribution in [0.15, 0.2) is 0 Å². The molecule has 1 rings (SSSR count). The second kappa shape index (κ2) is 7.03. The smallest absolute Gasteiger partial charge is 0.352 e. The van der Waals surface area contributed by atoms with E-state index in [1.165, 1.54) is 0 Å². The van der Waals surface area contributed by atoms with E-state index in [9.17, 15) is 18.0 Å². The first-order valence-electron chi connectivity index (χ1n) is 4.32. The zero-order valence-electron chi connectivity index (χ0n) is 8.86. The number of carbonyl (C=O) groups is 1. The van der Waals surface area contributed by atoms with Crippen molar-refractivity contribution in [2.24, 2.45) is 0 Å². The van der Waals surface area contributed by atoms with Crippen molar-refractivity contribution in [1.82, 2.24) is 9.69 Å². The molecule has 0 spiro atoms. The number of alkyl halides is 3. The molecule has 1 N–H and O–H groups in total. The van der Waals surface area contributed by atoms with Gasteiger partial charge in [-0.25, -0.2) is 0 Å². The highest BCUT2D eigenvalue weighted by Gasteiger charge is 2.16. The molecule has 0 aliphatic heterocycles. The molecular weight excluding hydrogens is 300 g/mol. The van der Waals surface area contributed by atoms with Crippen molar-refractivity contribution in [2.75, 3.05) is 6.54 Å². The fourth-order valence-corrected chi connectivity index (χ4v) is 1.77. The summed E-state index contributed by atoms with van der Waals surface area (Å²) >= 11 is 12.3. The molecule has 98 valence electrons. The van der Waals surface area contributed by atoms with Crippen LogP contribution in [0.2, 0.25) is 10.2 Å². The van der Waals surface area contributed by atoms with Crippen molar-refractivity contribution in [3.05, 3.63) is 15.1 Å². The van der Waals surface area contributed by atoms with E-state index in [-0.39, 0.29) is 23.0 Å². The van der Waals surface area contributed by atoms with Gasteiger partial charge in [-0.3, -0.25) is 4.79 Å². The van der Waals surface area contributed by atoms with Crippen LogP contribution < -0.4 is 5.32 Å². The van der Waals surface area contributed by atoms with Gasteiger partial charge in [-0.15, -0.1) is 0 Å². The van der Waals surface area contributed by atoms with Crippen LogP contribution in [0.5, 0.6) is 0 Å². The number of hydrogen-bond acceptors (Lipinski definition) is 3. The van der Waals surface area contributed by atoms with Crippen molar-refractivity contribution in [3.8, 4) is 0 Å². The Morgan fingerprint density at radius 1 is 1.47 bits per heavy atom. The number of halogens is 5. The molecule has 0 unspecified atom stereocenters. The largest absolute Gasteiger partial charge is 0.386 e. The van der Waals surface area contributed by atoms with Crippen molar-refractivity contribution in [3.63, 3.8) is 0 Å². The van der Waals surface area contributed by atoms with Crippen LogP contribution in [0, 0.1) is 0 Å². The van der Waals surface area contributed by atoms with Crippen LogP contribution in [0.25, 0.3) is 0 Å². The number of aromatic nitrogens is 1. The van der Waals surface area contributed by atoms with Crippen molar-refractivity contribution in [1.29, 1.82) is 0 Å². The fourth-order valence-electron chi connectivity index (χ4n) is 0.642. The molecule has 1 aromatic rings. The van der Waals surface area contributed by atoms with Crippen LogP contribution in [0.3, 0.4) is 0 Å². The fraction of sp³-hybridized carbons (Fsp3) is 0.500. The van der Waals surface area contributed by atoms with Crippen LogP contribution in [0.4, 0.5) is 13.2 Å². The Balaban J connectivity index is 0.000000437. The monoisotopic (exact) mass is 308 g/mol. The van der Waals surface area contributed by atoms with E-state index in [1.54, 1.807) is 0 Å². The topological polar surface area (TPSA) is 42.0 Å². The quantitative estimate of drug-likeness (QED) is 0.903. The van der Waals surface area contributed by atoms with E-state index < -0.39 is 6.18 Å². The zero-order chi connectivity index (χ0) is 13.6. The summed E-state index contributed by atoms with van der Waals surface area (Å²) in [5, 5.41) is 3.02. The highest BCUT2D eigenvalue weighted by Crippen LogP contribution is 2.28. The summed E-state index contributed by atoms with van der Waals surface area (Å²) in [6.07, 6.45) is -4.00. The predicted molar refractivity (Wildman–Crippen MR) is 61.9 cm³/mol. The first-order valence-corrected chi connectivity index (χ1v) is 5.85. The highest BCUT2D eigenvalue weighted by molar-refractivity contribution is 7.09. The molecule has 0 saturated heterocycles. The summed E-state index contributed by atoms with van der Waals surface area (Å²) in [5.41, 5.74) is 0. The number of amides is 1. The van der Waals surface area contributed by atoms with Gasteiger partial charge in [0.2, 0.25) is 0 Å². The third-order valence-electron chi connectivity index (χ3n) is 1.14. The van der Waals surface area contributed by atoms with E-state index in [0.717, 1.165) is 11.5 Å². The number of carbonyl (C=O) groups excluding carboxylic acids is 1. The SMILES string of the molecule is CC(F)(F)F.CCNC(=O)c1snc(Cl)c1Cl.